The lowest BCUT2D eigenvalue weighted by Gasteiger charge is -2.12. The predicted molar refractivity (Wildman–Crippen MR) is 71.3 cm³/mol. The second kappa shape index (κ2) is 4.73. The summed E-state index contributed by atoms with van der Waals surface area (Å²) in [5.41, 5.74) is 8.36. The highest BCUT2D eigenvalue weighted by molar-refractivity contribution is 9.10. The average molecular weight is 345 g/mol. The minimum Gasteiger partial charge on any atom is -0.452 e. The lowest BCUT2D eigenvalue weighted by Crippen LogP contribution is -2.11. The number of halogens is 2. The SMILES string of the molecule is Cc1ccc(Br)c(C(N)c2ccc(Br)o2)c1. The van der Waals surface area contributed by atoms with E-state index >= 15 is 0 Å². The lowest BCUT2D eigenvalue weighted by atomic mass is 10.0. The van der Waals surface area contributed by atoms with Crippen molar-refractivity contribution in [2.75, 3.05) is 0 Å². The number of aryl methyl sites for hydroxylation is 1. The quantitative estimate of drug-likeness (QED) is 0.888. The number of nitrogens with two attached hydrogens (primary N) is 1. The van der Waals surface area contributed by atoms with E-state index in [9.17, 15) is 0 Å². The highest BCUT2D eigenvalue weighted by Crippen LogP contribution is 2.29. The van der Waals surface area contributed by atoms with Crippen molar-refractivity contribution in [1.29, 1.82) is 0 Å². The molecular formula is C12H11Br2NO. The van der Waals surface area contributed by atoms with Crippen LogP contribution < -0.4 is 5.73 Å². The zero-order valence-electron chi connectivity index (χ0n) is 8.71. The first-order valence-electron chi connectivity index (χ1n) is 4.85. The van der Waals surface area contributed by atoms with Crippen LogP contribution in [0.4, 0.5) is 0 Å². The highest BCUT2D eigenvalue weighted by Gasteiger charge is 2.15. The van der Waals surface area contributed by atoms with Gasteiger partial charge in [-0.2, -0.15) is 0 Å². The molecule has 2 rings (SSSR count). The van der Waals surface area contributed by atoms with Crippen LogP contribution in [0.25, 0.3) is 0 Å². The molecule has 1 atom stereocenters. The molecule has 16 heavy (non-hydrogen) atoms. The zero-order valence-corrected chi connectivity index (χ0v) is 11.9. The van der Waals surface area contributed by atoms with Crippen LogP contribution in [0, 0.1) is 6.92 Å². The molecular weight excluding hydrogens is 334 g/mol. The van der Waals surface area contributed by atoms with E-state index in [4.69, 9.17) is 10.2 Å². The standard InChI is InChI=1S/C12H11Br2NO/c1-7-2-3-9(13)8(6-7)12(15)10-4-5-11(14)16-10/h2-6,12H,15H2,1H3. The first kappa shape index (κ1) is 11.9. The molecule has 0 spiro atoms. The first-order chi connectivity index (χ1) is 7.58. The Kier molecular flexibility index (Phi) is 3.52. The van der Waals surface area contributed by atoms with E-state index in [0.717, 1.165) is 15.8 Å². The minimum absolute atomic E-state index is 0.249. The molecule has 2 N–H and O–H groups in total. The van der Waals surface area contributed by atoms with Gasteiger partial charge in [-0.3, -0.25) is 0 Å². The van der Waals surface area contributed by atoms with Gasteiger partial charge in [0.1, 0.15) is 5.76 Å². The maximum absolute atomic E-state index is 6.15. The van der Waals surface area contributed by atoms with Crippen LogP contribution in [0.3, 0.4) is 0 Å². The molecule has 84 valence electrons. The Balaban J connectivity index is 2.40. The average Bonchev–Trinajstić information content (AvgIpc) is 2.67. The molecule has 0 aliphatic rings. The normalized spacial score (nSPS) is 12.8. The number of rotatable bonds is 2. The van der Waals surface area contributed by atoms with E-state index in [1.807, 2.05) is 31.2 Å². The van der Waals surface area contributed by atoms with E-state index in [2.05, 4.69) is 37.9 Å². The molecule has 4 heteroatoms. The summed E-state index contributed by atoms with van der Waals surface area (Å²) in [7, 11) is 0. The Bertz CT molecular complexity index is 507. The Hall–Kier alpha value is -0.580. The monoisotopic (exact) mass is 343 g/mol. The van der Waals surface area contributed by atoms with Gasteiger partial charge in [-0.25, -0.2) is 0 Å². The topological polar surface area (TPSA) is 39.2 Å². The van der Waals surface area contributed by atoms with Crippen molar-refractivity contribution in [3.05, 3.63) is 56.4 Å². The maximum atomic E-state index is 6.15. The summed E-state index contributed by atoms with van der Waals surface area (Å²) < 4.78 is 7.16. The Morgan fingerprint density at radius 3 is 2.56 bits per heavy atom. The van der Waals surface area contributed by atoms with Crippen molar-refractivity contribution >= 4 is 31.9 Å². The molecule has 0 fully saturated rings. The molecule has 0 saturated heterocycles. The van der Waals surface area contributed by atoms with Crippen LogP contribution in [0.2, 0.25) is 0 Å². The third-order valence-electron chi connectivity index (χ3n) is 2.39. The smallest absolute Gasteiger partial charge is 0.169 e. The molecule has 1 aromatic carbocycles. The molecule has 1 unspecified atom stereocenters. The molecule has 1 aromatic heterocycles. The largest absolute Gasteiger partial charge is 0.452 e. The van der Waals surface area contributed by atoms with Crippen molar-refractivity contribution < 1.29 is 4.42 Å². The van der Waals surface area contributed by atoms with E-state index in [0.29, 0.717) is 4.67 Å². The van der Waals surface area contributed by atoms with Crippen molar-refractivity contribution in [2.45, 2.75) is 13.0 Å². The fraction of sp³-hybridized carbons (Fsp3) is 0.167. The number of hydrogen-bond acceptors (Lipinski definition) is 2. The molecule has 0 aliphatic carbocycles. The van der Waals surface area contributed by atoms with Gasteiger partial charge in [0.15, 0.2) is 4.67 Å². The fourth-order valence-corrected chi connectivity index (χ4v) is 2.36. The molecule has 0 bridgehead atoms. The van der Waals surface area contributed by atoms with Gasteiger partial charge in [-0.1, -0.05) is 33.6 Å². The maximum Gasteiger partial charge on any atom is 0.169 e. The predicted octanol–water partition coefficient (Wildman–Crippen LogP) is 4.16. The zero-order chi connectivity index (χ0) is 11.7. The fourth-order valence-electron chi connectivity index (χ4n) is 1.55. The van der Waals surface area contributed by atoms with Crippen LogP contribution in [-0.4, -0.2) is 0 Å². The Labute approximate surface area is 111 Å². The lowest BCUT2D eigenvalue weighted by molar-refractivity contribution is 0.470. The third kappa shape index (κ3) is 2.39. The van der Waals surface area contributed by atoms with Crippen LogP contribution in [-0.2, 0) is 0 Å². The van der Waals surface area contributed by atoms with Gasteiger partial charge in [0.25, 0.3) is 0 Å². The summed E-state index contributed by atoms with van der Waals surface area (Å²) in [4.78, 5) is 0. The summed E-state index contributed by atoms with van der Waals surface area (Å²) in [6.45, 7) is 2.04. The number of hydrogen-bond donors (Lipinski definition) is 1. The van der Waals surface area contributed by atoms with Gasteiger partial charge >= 0.3 is 0 Å². The van der Waals surface area contributed by atoms with Crippen molar-refractivity contribution in [1.82, 2.24) is 0 Å². The summed E-state index contributed by atoms with van der Waals surface area (Å²) in [6, 6.07) is 9.58. The van der Waals surface area contributed by atoms with Crippen molar-refractivity contribution in [3.8, 4) is 0 Å². The van der Waals surface area contributed by atoms with Crippen LogP contribution >= 0.6 is 31.9 Å². The van der Waals surface area contributed by atoms with Gasteiger partial charge in [0.2, 0.25) is 0 Å². The van der Waals surface area contributed by atoms with E-state index < -0.39 is 0 Å². The van der Waals surface area contributed by atoms with E-state index in [-0.39, 0.29) is 6.04 Å². The van der Waals surface area contributed by atoms with E-state index in [1.54, 1.807) is 0 Å². The second-order valence-electron chi connectivity index (χ2n) is 3.64. The first-order valence-corrected chi connectivity index (χ1v) is 6.43. The summed E-state index contributed by atoms with van der Waals surface area (Å²) >= 11 is 6.77. The molecule has 0 radical (unpaired) electrons. The van der Waals surface area contributed by atoms with Gasteiger partial charge in [0.05, 0.1) is 6.04 Å². The Morgan fingerprint density at radius 2 is 1.94 bits per heavy atom. The van der Waals surface area contributed by atoms with Crippen LogP contribution in [0.5, 0.6) is 0 Å². The van der Waals surface area contributed by atoms with Gasteiger partial charge < -0.3 is 10.2 Å². The summed E-state index contributed by atoms with van der Waals surface area (Å²) in [5.74, 6) is 0.748. The third-order valence-corrected chi connectivity index (χ3v) is 3.54. The van der Waals surface area contributed by atoms with Crippen molar-refractivity contribution in [2.24, 2.45) is 5.73 Å². The van der Waals surface area contributed by atoms with Crippen LogP contribution in [0.15, 0.2) is 43.9 Å². The van der Waals surface area contributed by atoms with Gasteiger partial charge in [-0.05, 0) is 46.6 Å². The second-order valence-corrected chi connectivity index (χ2v) is 5.28. The molecule has 1 heterocycles. The highest BCUT2D eigenvalue weighted by atomic mass is 79.9. The molecule has 0 saturated carbocycles. The van der Waals surface area contributed by atoms with Crippen molar-refractivity contribution in [3.63, 3.8) is 0 Å². The minimum atomic E-state index is -0.249. The molecule has 0 aliphatic heterocycles. The molecule has 2 aromatic rings. The van der Waals surface area contributed by atoms with Gasteiger partial charge in [0, 0.05) is 4.47 Å². The van der Waals surface area contributed by atoms with E-state index in [1.165, 1.54) is 5.56 Å². The molecule has 2 nitrogen and oxygen atoms in total. The Morgan fingerprint density at radius 1 is 1.19 bits per heavy atom. The van der Waals surface area contributed by atoms with Crippen LogP contribution in [0.1, 0.15) is 22.9 Å². The van der Waals surface area contributed by atoms with Gasteiger partial charge in [-0.15, -0.1) is 0 Å². The summed E-state index contributed by atoms with van der Waals surface area (Å²) in [6.07, 6.45) is 0. The number of furan rings is 1. The number of benzene rings is 1. The molecule has 0 amide bonds. The summed E-state index contributed by atoms with van der Waals surface area (Å²) in [5, 5.41) is 0.